The molecule has 1 heterocycles. The molecule has 0 saturated carbocycles. The van der Waals surface area contributed by atoms with Gasteiger partial charge in [-0.25, -0.2) is 0 Å². The SMILES string of the molecule is CCc1nn(C)c(CC(O)CCCCl)c1Br. The van der Waals surface area contributed by atoms with Crippen LogP contribution in [0.1, 0.15) is 31.2 Å². The van der Waals surface area contributed by atoms with Gasteiger partial charge in [0.2, 0.25) is 0 Å². The largest absolute Gasteiger partial charge is 0.393 e. The van der Waals surface area contributed by atoms with Gasteiger partial charge in [-0.2, -0.15) is 5.10 Å². The highest BCUT2D eigenvalue weighted by Gasteiger charge is 2.15. The van der Waals surface area contributed by atoms with Gasteiger partial charge in [0.05, 0.1) is 22.0 Å². The summed E-state index contributed by atoms with van der Waals surface area (Å²) in [5, 5.41) is 14.2. The fourth-order valence-electron chi connectivity index (χ4n) is 1.68. The van der Waals surface area contributed by atoms with Gasteiger partial charge in [0.15, 0.2) is 0 Å². The molecule has 1 atom stereocenters. The molecule has 92 valence electrons. The van der Waals surface area contributed by atoms with Crippen molar-refractivity contribution in [1.29, 1.82) is 0 Å². The van der Waals surface area contributed by atoms with E-state index in [9.17, 15) is 5.11 Å². The molecule has 0 spiro atoms. The summed E-state index contributed by atoms with van der Waals surface area (Å²) in [5.74, 6) is 0.601. The summed E-state index contributed by atoms with van der Waals surface area (Å²) in [6, 6.07) is 0. The summed E-state index contributed by atoms with van der Waals surface area (Å²) < 4.78 is 2.87. The van der Waals surface area contributed by atoms with E-state index < -0.39 is 0 Å². The van der Waals surface area contributed by atoms with Crippen LogP contribution in [0.5, 0.6) is 0 Å². The van der Waals surface area contributed by atoms with Crippen molar-refractivity contribution in [1.82, 2.24) is 9.78 Å². The number of nitrogens with zero attached hydrogens (tertiary/aromatic N) is 2. The number of hydrogen-bond acceptors (Lipinski definition) is 2. The third-order valence-electron chi connectivity index (χ3n) is 2.60. The van der Waals surface area contributed by atoms with Gasteiger partial charge in [0.25, 0.3) is 0 Å². The molecule has 0 aliphatic heterocycles. The molecule has 0 amide bonds. The van der Waals surface area contributed by atoms with Gasteiger partial charge in [-0.15, -0.1) is 11.6 Å². The summed E-state index contributed by atoms with van der Waals surface area (Å²) in [7, 11) is 1.91. The lowest BCUT2D eigenvalue weighted by Crippen LogP contribution is -2.13. The highest BCUT2D eigenvalue weighted by Crippen LogP contribution is 2.23. The number of aliphatic hydroxyl groups is 1. The topological polar surface area (TPSA) is 38.0 Å². The van der Waals surface area contributed by atoms with Crippen LogP contribution < -0.4 is 0 Å². The number of alkyl halides is 1. The minimum absolute atomic E-state index is 0.338. The van der Waals surface area contributed by atoms with Crippen molar-refractivity contribution < 1.29 is 5.11 Å². The molecule has 1 N–H and O–H groups in total. The molecular formula is C11H18BrClN2O. The summed E-state index contributed by atoms with van der Waals surface area (Å²) >= 11 is 9.14. The zero-order valence-corrected chi connectivity index (χ0v) is 12.1. The lowest BCUT2D eigenvalue weighted by atomic mass is 10.1. The molecular weight excluding hydrogens is 291 g/mol. The number of rotatable bonds is 6. The van der Waals surface area contributed by atoms with E-state index in [0.717, 1.165) is 35.1 Å². The van der Waals surface area contributed by atoms with E-state index in [4.69, 9.17) is 11.6 Å². The number of aliphatic hydroxyl groups excluding tert-OH is 1. The van der Waals surface area contributed by atoms with E-state index in [-0.39, 0.29) is 6.10 Å². The van der Waals surface area contributed by atoms with E-state index in [2.05, 4.69) is 28.0 Å². The minimum Gasteiger partial charge on any atom is -0.393 e. The first-order valence-electron chi connectivity index (χ1n) is 5.54. The Hall–Kier alpha value is -0.0600. The summed E-state index contributed by atoms with van der Waals surface area (Å²) in [6.45, 7) is 2.07. The van der Waals surface area contributed by atoms with E-state index in [1.165, 1.54) is 0 Å². The molecule has 0 aromatic carbocycles. The van der Waals surface area contributed by atoms with Crippen molar-refractivity contribution in [3.8, 4) is 0 Å². The average molecular weight is 310 g/mol. The molecule has 5 heteroatoms. The van der Waals surface area contributed by atoms with Crippen LogP contribution in [0, 0.1) is 0 Å². The van der Waals surface area contributed by atoms with Gasteiger partial charge in [-0.1, -0.05) is 6.92 Å². The van der Waals surface area contributed by atoms with Gasteiger partial charge in [0, 0.05) is 19.3 Å². The van der Waals surface area contributed by atoms with E-state index >= 15 is 0 Å². The Morgan fingerprint density at radius 3 is 2.75 bits per heavy atom. The van der Waals surface area contributed by atoms with E-state index in [1.54, 1.807) is 0 Å². The molecule has 0 aliphatic carbocycles. The predicted octanol–water partition coefficient (Wildman–Crippen LogP) is 2.67. The van der Waals surface area contributed by atoms with Gasteiger partial charge in [0.1, 0.15) is 0 Å². The van der Waals surface area contributed by atoms with Crippen LogP contribution in [-0.2, 0) is 19.9 Å². The molecule has 0 saturated heterocycles. The molecule has 0 aliphatic rings. The van der Waals surface area contributed by atoms with Crippen LogP contribution in [0.15, 0.2) is 4.47 Å². The van der Waals surface area contributed by atoms with Gasteiger partial charge in [-0.05, 0) is 35.2 Å². The number of hydrogen-bond donors (Lipinski definition) is 1. The van der Waals surface area contributed by atoms with Crippen LogP contribution in [0.25, 0.3) is 0 Å². The highest BCUT2D eigenvalue weighted by molar-refractivity contribution is 9.10. The Kier molecular flexibility index (Phi) is 5.79. The Morgan fingerprint density at radius 1 is 1.56 bits per heavy atom. The van der Waals surface area contributed by atoms with Crippen LogP contribution in [0.4, 0.5) is 0 Å². The maximum Gasteiger partial charge on any atom is 0.0766 e. The van der Waals surface area contributed by atoms with Crippen molar-refractivity contribution in [2.45, 2.75) is 38.7 Å². The number of halogens is 2. The number of aryl methyl sites for hydroxylation is 2. The maximum absolute atomic E-state index is 9.84. The first kappa shape index (κ1) is 14.0. The minimum atomic E-state index is -0.338. The molecule has 3 nitrogen and oxygen atoms in total. The van der Waals surface area contributed by atoms with Crippen LogP contribution in [-0.4, -0.2) is 26.9 Å². The predicted molar refractivity (Wildman–Crippen MR) is 70.0 cm³/mol. The summed E-state index contributed by atoms with van der Waals surface area (Å²) in [5.41, 5.74) is 2.10. The van der Waals surface area contributed by atoms with Gasteiger partial charge in [-0.3, -0.25) is 4.68 Å². The van der Waals surface area contributed by atoms with Crippen molar-refractivity contribution in [2.24, 2.45) is 7.05 Å². The zero-order valence-electron chi connectivity index (χ0n) is 9.71. The summed E-state index contributed by atoms with van der Waals surface area (Å²) in [6.07, 6.45) is 2.77. The Labute approximate surface area is 110 Å². The van der Waals surface area contributed by atoms with Crippen molar-refractivity contribution >= 4 is 27.5 Å². The fraction of sp³-hybridized carbons (Fsp3) is 0.727. The first-order chi connectivity index (χ1) is 7.60. The molecule has 1 rings (SSSR count). The van der Waals surface area contributed by atoms with Crippen molar-refractivity contribution in [2.75, 3.05) is 5.88 Å². The van der Waals surface area contributed by atoms with Crippen LogP contribution in [0.3, 0.4) is 0 Å². The van der Waals surface area contributed by atoms with Crippen molar-refractivity contribution in [3.05, 3.63) is 15.9 Å². The quantitative estimate of drug-likeness (QED) is 0.821. The third-order valence-corrected chi connectivity index (χ3v) is 3.79. The van der Waals surface area contributed by atoms with E-state index in [1.807, 2.05) is 11.7 Å². The molecule has 0 bridgehead atoms. The second kappa shape index (κ2) is 6.62. The Morgan fingerprint density at radius 2 is 2.25 bits per heavy atom. The second-order valence-corrected chi connectivity index (χ2v) is 5.04. The highest BCUT2D eigenvalue weighted by atomic mass is 79.9. The second-order valence-electron chi connectivity index (χ2n) is 3.87. The number of aromatic nitrogens is 2. The van der Waals surface area contributed by atoms with Crippen LogP contribution in [0.2, 0.25) is 0 Å². The zero-order chi connectivity index (χ0) is 12.1. The standard InChI is InChI=1S/C11H18BrClN2O/c1-3-9-11(12)10(15(2)14-9)7-8(16)5-4-6-13/h8,16H,3-7H2,1-2H3. The van der Waals surface area contributed by atoms with Gasteiger partial charge < -0.3 is 5.11 Å². The van der Waals surface area contributed by atoms with E-state index in [0.29, 0.717) is 12.3 Å². The smallest absolute Gasteiger partial charge is 0.0766 e. The molecule has 0 radical (unpaired) electrons. The maximum atomic E-state index is 9.84. The molecule has 0 fully saturated rings. The van der Waals surface area contributed by atoms with Gasteiger partial charge >= 0.3 is 0 Å². The fourth-order valence-corrected chi connectivity index (χ4v) is 2.61. The third kappa shape index (κ3) is 3.47. The van der Waals surface area contributed by atoms with Crippen LogP contribution >= 0.6 is 27.5 Å². The average Bonchev–Trinajstić information content (AvgIpc) is 2.53. The summed E-state index contributed by atoms with van der Waals surface area (Å²) in [4.78, 5) is 0. The molecule has 1 aromatic heterocycles. The van der Waals surface area contributed by atoms with Crippen molar-refractivity contribution in [3.63, 3.8) is 0 Å². The normalized spacial score (nSPS) is 13.1. The Bertz CT molecular complexity index is 341. The Balaban J connectivity index is 2.69. The molecule has 1 aromatic rings. The lowest BCUT2D eigenvalue weighted by Gasteiger charge is -2.10. The monoisotopic (exact) mass is 308 g/mol. The lowest BCUT2D eigenvalue weighted by molar-refractivity contribution is 0.161. The molecule has 16 heavy (non-hydrogen) atoms. The first-order valence-corrected chi connectivity index (χ1v) is 6.87. The molecule has 1 unspecified atom stereocenters.